The number of rotatable bonds is 7. The van der Waals surface area contributed by atoms with Crippen LogP contribution in [0.1, 0.15) is 22.3 Å². The van der Waals surface area contributed by atoms with Crippen molar-refractivity contribution in [2.24, 2.45) is 11.8 Å². The second kappa shape index (κ2) is 8.18. The molecule has 0 aliphatic heterocycles. The first-order valence-corrected chi connectivity index (χ1v) is 8.23. The summed E-state index contributed by atoms with van der Waals surface area (Å²) < 4.78 is 0. The molecule has 0 amide bonds. The van der Waals surface area contributed by atoms with E-state index >= 15 is 0 Å². The molecular formula is C20H26O4. The molecule has 0 saturated carbocycles. The highest BCUT2D eigenvalue weighted by atomic mass is 16.3. The molecule has 0 spiro atoms. The SMILES string of the molecule is Cc1cc(CC(CO)C(CO)Cc2ccc(O)c(C)c2)ccc1O. The molecule has 0 bridgehead atoms. The van der Waals surface area contributed by atoms with Crippen molar-refractivity contribution in [2.45, 2.75) is 26.7 Å². The zero-order valence-electron chi connectivity index (χ0n) is 14.2. The molecule has 0 fully saturated rings. The molecular weight excluding hydrogens is 304 g/mol. The number of phenols is 2. The summed E-state index contributed by atoms with van der Waals surface area (Å²) in [6, 6.07) is 10.9. The second-order valence-corrected chi connectivity index (χ2v) is 6.54. The van der Waals surface area contributed by atoms with Crippen LogP contribution in [0.15, 0.2) is 36.4 Å². The molecule has 0 aromatic heterocycles. The van der Waals surface area contributed by atoms with Crippen LogP contribution in [0.5, 0.6) is 11.5 Å². The molecule has 2 aromatic rings. The molecule has 0 radical (unpaired) electrons. The third kappa shape index (κ3) is 4.49. The van der Waals surface area contributed by atoms with Crippen molar-refractivity contribution in [3.8, 4) is 11.5 Å². The lowest BCUT2D eigenvalue weighted by atomic mass is 9.83. The number of aliphatic hydroxyl groups excluding tert-OH is 2. The summed E-state index contributed by atoms with van der Waals surface area (Å²) in [7, 11) is 0. The Morgan fingerprint density at radius 2 is 1.08 bits per heavy atom. The number of phenolic OH excluding ortho intramolecular Hbond substituents is 2. The highest BCUT2D eigenvalue weighted by molar-refractivity contribution is 5.36. The maximum Gasteiger partial charge on any atom is 0.118 e. The van der Waals surface area contributed by atoms with Gasteiger partial charge >= 0.3 is 0 Å². The quantitative estimate of drug-likeness (QED) is 0.629. The molecule has 4 nitrogen and oxygen atoms in total. The van der Waals surface area contributed by atoms with Gasteiger partial charge < -0.3 is 20.4 Å². The largest absolute Gasteiger partial charge is 0.508 e. The van der Waals surface area contributed by atoms with E-state index < -0.39 is 0 Å². The molecule has 0 heterocycles. The molecule has 0 aliphatic rings. The van der Waals surface area contributed by atoms with Gasteiger partial charge in [0.25, 0.3) is 0 Å². The lowest BCUT2D eigenvalue weighted by Gasteiger charge is -2.24. The van der Waals surface area contributed by atoms with Gasteiger partial charge in [-0.15, -0.1) is 0 Å². The van der Waals surface area contributed by atoms with Gasteiger partial charge in [0, 0.05) is 13.2 Å². The van der Waals surface area contributed by atoms with Crippen molar-refractivity contribution in [1.82, 2.24) is 0 Å². The first-order chi connectivity index (χ1) is 11.4. The third-order valence-corrected chi connectivity index (χ3v) is 4.65. The zero-order chi connectivity index (χ0) is 17.7. The third-order valence-electron chi connectivity index (χ3n) is 4.65. The van der Waals surface area contributed by atoms with Gasteiger partial charge in [-0.1, -0.05) is 24.3 Å². The predicted octanol–water partition coefficient (Wildman–Crippen LogP) is 2.72. The van der Waals surface area contributed by atoms with E-state index in [0.29, 0.717) is 12.8 Å². The molecule has 2 unspecified atom stereocenters. The van der Waals surface area contributed by atoms with Crippen LogP contribution in [0, 0.1) is 25.7 Å². The van der Waals surface area contributed by atoms with E-state index in [-0.39, 0.29) is 36.5 Å². The highest BCUT2D eigenvalue weighted by Crippen LogP contribution is 2.26. The van der Waals surface area contributed by atoms with Crippen LogP contribution in [0.25, 0.3) is 0 Å². The van der Waals surface area contributed by atoms with E-state index in [1.807, 2.05) is 38.1 Å². The molecule has 4 heteroatoms. The van der Waals surface area contributed by atoms with Crippen LogP contribution >= 0.6 is 0 Å². The van der Waals surface area contributed by atoms with Crippen LogP contribution in [0.3, 0.4) is 0 Å². The minimum atomic E-state index is -0.0759. The average molecular weight is 330 g/mol. The fourth-order valence-electron chi connectivity index (χ4n) is 3.06. The molecule has 4 N–H and O–H groups in total. The van der Waals surface area contributed by atoms with Crippen molar-refractivity contribution in [3.05, 3.63) is 58.7 Å². The Hall–Kier alpha value is -2.04. The molecule has 130 valence electrons. The molecule has 0 saturated heterocycles. The topological polar surface area (TPSA) is 80.9 Å². The minimum Gasteiger partial charge on any atom is -0.508 e. The summed E-state index contributed by atoms with van der Waals surface area (Å²) in [6.07, 6.45) is 1.28. The average Bonchev–Trinajstić information content (AvgIpc) is 2.57. The van der Waals surface area contributed by atoms with Crippen molar-refractivity contribution in [2.75, 3.05) is 13.2 Å². The van der Waals surface area contributed by atoms with E-state index in [1.54, 1.807) is 12.1 Å². The van der Waals surface area contributed by atoms with E-state index in [0.717, 1.165) is 22.3 Å². The fourth-order valence-corrected chi connectivity index (χ4v) is 3.06. The molecule has 0 aliphatic carbocycles. The summed E-state index contributed by atoms with van der Waals surface area (Å²) in [4.78, 5) is 0. The number of aromatic hydroxyl groups is 2. The predicted molar refractivity (Wildman–Crippen MR) is 94.2 cm³/mol. The monoisotopic (exact) mass is 330 g/mol. The maximum absolute atomic E-state index is 9.79. The summed E-state index contributed by atoms with van der Waals surface area (Å²) in [5.41, 5.74) is 3.67. The van der Waals surface area contributed by atoms with Crippen LogP contribution in [0.2, 0.25) is 0 Å². The van der Waals surface area contributed by atoms with E-state index in [9.17, 15) is 20.4 Å². The van der Waals surface area contributed by atoms with Crippen LogP contribution in [0.4, 0.5) is 0 Å². The van der Waals surface area contributed by atoms with Crippen molar-refractivity contribution in [1.29, 1.82) is 0 Å². The standard InChI is InChI=1S/C20H26O4/c1-13-7-15(3-5-19(13)23)9-17(11-21)18(12-22)10-16-4-6-20(24)14(2)8-16/h3-8,17-18,21-24H,9-12H2,1-2H3. The smallest absolute Gasteiger partial charge is 0.118 e. The van der Waals surface area contributed by atoms with Crippen LogP contribution in [-0.4, -0.2) is 33.6 Å². The number of aryl methyl sites for hydroxylation is 2. The van der Waals surface area contributed by atoms with Crippen molar-refractivity contribution in [3.63, 3.8) is 0 Å². The molecule has 2 rings (SSSR count). The Balaban J connectivity index is 2.13. The normalized spacial score (nSPS) is 13.7. The van der Waals surface area contributed by atoms with Gasteiger partial charge in [0.1, 0.15) is 11.5 Å². The summed E-state index contributed by atoms with van der Waals surface area (Å²) in [5.74, 6) is 0.372. The lowest BCUT2D eigenvalue weighted by molar-refractivity contribution is 0.119. The number of benzene rings is 2. The molecule has 2 atom stereocenters. The van der Waals surface area contributed by atoms with Crippen molar-refractivity contribution < 1.29 is 20.4 Å². The van der Waals surface area contributed by atoms with Gasteiger partial charge in [-0.2, -0.15) is 0 Å². The first-order valence-electron chi connectivity index (χ1n) is 8.23. The summed E-state index contributed by atoms with van der Waals surface area (Å²) in [6.45, 7) is 3.66. The van der Waals surface area contributed by atoms with E-state index in [2.05, 4.69) is 0 Å². The summed E-state index contributed by atoms with van der Waals surface area (Å²) >= 11 is 0. The summed E-state index contributed by atoms with van der Waals surface area (Å²) in [5, 5.41) is 38.8. The first kappa shape index (κ1) is 18.3. The van der Waals surface area contributed by atoms with Crippen LogP contribution < -0.4 is 0 Å². The molecule has 24 heavy (non-hydrogen) atoms. The van der Waals surface area contributed by atoms with Gasteiger partial charge in [0.05, 0.1) is 0 Å². The van der Waals surface area contributed by atoms with Crippen LogP contribution in [-0.2, 0) is 12.8 Å². The Bertz CT molecular complexity index is 622. The molecule has 2 aromatic carbocycles. The Morgan fingerprint density at radius 3 is 1.38 bits per heavy atom. The van der Waals surface area contributed by atoms with Gasteiger partial charge in [-0.3, -0.25) is 0 Å². The Labute approximate surface area is 143 Å². The minimum absolute atomic E-state index is 0.0117. The number of aliphatic hydroxyl groups is 2. The Morgan fingerprint density at radius 1 is 0.708 bits per heavy atom. The van der Waals surface area contributed by atoms with Gasteiger partial charge in [-0.25, -0.2) is 0 Å². The van der Waals surface area contributed by atoms with Gasteiger partial charge in [0.15, 0.2) is 0 Å². The highest BCUT2D eigenvalue weighted by Gasteiger charge is 2.21. The van der Waals surface area contributed by atoms with Gasteiger partial charge in [0.2, 0.25) is 0 Å². The zero-order valence-corrected chi connectivity index (χ0v) is 14.2. The Kier molecular flexibility index (Phi) is 6.23. The lowest BCUT2D eigenvalue weighted by Crippen LogP contribution is -2.26. The number of hydrogen-bond acceptors (Lipinski definition) is 4. The van der Waals surface area contributed by atoms with Gasteiger partial charge in [-0.05, 0) is 72.9 Å². The fraction of sp³-hybridized carbons (Fsp3) is 0.400. The van der Waals surface area contributed by atoms with E-state index in [1.165, 1.54) is 0 Å². The maximum atomic E-state index is 9.79. The van der Waals surface area contributed by atoms with E-state index in [4.69, 9.17) is 0 Å². The van der Waals surface area contributed by atoms with Crippen molar-refractivity contribution >= 4 is 0 Å². The number of hydrogen-bond donors (Lipinski definition) is 4. The second-order valence-electron chi connectivity index (χ2n) is 6.54.